The van der Waals surface area contributed by atoms with E-state index in [0.29, 0.717) is 6.54 Å². The average Bonchev–Trinajstić information content (AvgIpc) is 1.88. The molecule has 66 valence electrons. The Hall–Kier alpha value is -0.220. The standard InChI is InChI=1S/C7H15NO2S/c1-5-8-11(10)7(3,4)6(2)9/h8H,5H2,1-4H3. The van der Waals surface area contributed by atoms with Crippen LogP contribution < -0.4 is 4.72 Å². The van der Waals surface area contributed by atoms with Crippen molar-refractivity contribution < 1.29 is 9.00 Å². The smallest absolute Gasteiger partial charge is 0.149 e. The van der Waals surface area contributed by atoms with Crippen LogP contribution in [0, 0.1) is 0 Å². The molecule has 1 atom stereocenters. The Morgan fingerprint density at radius 1 is 1.55 bits per heavy atom. The minimum Gasteiger partial charge on any atom is -0.298 e. The van der Waals surface area contributed by atoms with E-state index in [4.69, 9.17) is 0 Å². The molecule has 1 N–H and O–H groups in total. The lowest BCUT2D eigenvalue weighted by Gasteiger charge is -2.19. The van der Waals surface area contributed by atoms with Crippen molar-refractivity contribution in [2.75, 3.05) is 6.54 Å². The fourth-order valence-corrected chi connectivity index (χ4v) is 1.33. The van der Waals surface area contributed by atoms with Gasteiger partial charge < -0.3 is 0 Å². The molecule has 0 aliphatic heterocycles. The van der Waals surface area contributed by atoms with E-state index in [1.165, 1.54) is 6.92 Å². The van der Waals surface area contributed by atoms with Gasteiger partial charge in [-0.25, -0.2) is 8.93 Å². The topological polar surface area (TPSA) is 46.2 Å². The summed E-state index contributed by atoms with van der Waals surface area (Å²) >= 11 is 0. The molecular weight excluding hydrogens is 162 g/mol. The third-order valence-corrected chi connectivity index (χ3v) is 3.35. The predicted octanol–water partition coefficient (Wildman–Crippen LogP) is 0.627. The van der Waals surface area contributed by atoms with Gasteiger partial charge in [-0.2, -0.15) is 0 Å². The highest BCUT2D eigenvalue weighted by atomic mass is 32.2. The highest BCUT2D eigenvalue weighted by molar-refractivity contribution is 7.85. The first-order valence-corrected chi connectivity index (χ1v) is 4.74. The number of hydrogen-bond donors (Lipinski definition) is 1. The lowest BCUT2D eigenvalue weighted by atomic mass is 10.1. The maximum absolute atomic E-state index is 11.3. The summed E-state index contributed by atoms with van der Waals surface area (Å²) in [5.74, 6) is -0.0585. The van der Waals surface area contributed by atoms with Crippen LogP contribution in [0.4, 0.5) is 0 Å². The second kappa shape index (κ2) is 3.97. The van der Waals surface area contributed by atoms with Gasteiger partial charge in [0.2, 0.25) is 0 Å². The Labute approximate surface area is 70.1 Å². The number of rotatable bonds is 4. The number of carbonyl (C=O) groups excluding carboxylic acids is 1. The molecule has 0 saturated carbocycles. The molecule has 0 radical (unpaired) electrons. The van der Waals surface area contributed by atoms with Crippen LogP contribution in [0.5, 0.6) is 0 Å². The molecule has 0 heterocycles. The largest absolute Gasteiger partial charge is 0.298 e. The molecule has 4 heteroatoms. The van der Waals surface area contributed by atoms with E-state index >= 15 is 0 Å². The molecule has 0 bridgehead atoms. The van der Waals surface area contributed by atoms with Gasteiger partial charge in [0.1, 0.15) is 21.5 Å². The van der Waals surface area contributed by atoms with Crippen LogP contribution in [-0.2, 0) is 15.8 Å². The molecule has 0 saturated heterocycles. The van der Waals surface area contributed by atoms with Crippen molar-refractivity contribution in [2.45, 2.75) is 32.4 Å². The van der Waals surface area contributed by atoms with Crippen LogP contribution >= 0.6 is 0 Å². The predicted molar refractivity (Wildman–Crippen MR) is 46.6 cm³/mol. The summed E-state index contributed by atoms with van der Waals surface area (Å²) in [6, 6.07) is 0. The first-order valence-electron chi connectivity index (χ1n) is 3.59. The zero-order valence-electron chi connectivity index (χ0n) is 7.43. The van der Waals surface area contributed by atoms with E-state index in [1.54, 1.807) is 13.8 Å². The van der Waals surface area contributed by atoms with Crippen molar-refractivity contribution in [1.29, 1.82) is 0 Å². The van der Waals surface area contributed by atoms with Crippen LogP contribution in [0.25, 0.3) is 0 Å². The van der Waals surface area contributed by atoms with Gasteiger partial charge in [-0.05, 0) is 20.8 Å². The highest BCUT2D eigenvalue weighted by Crippen LogP contribution is 2.11. The van der Waals surface area contributed by atoms with Crippen LogP contribution in [-0.4, -0.2) is 21.3 Å². The lowest BCUT2D eigenvalue weighted by molar-refractivity contribution is -0.118. The van der Waals surface area contributed by atoms with Gasteiger partial charge in [0, 0.05) is 6.54 Å². The molecule has 0 aromatic rings. The monoisotopic (exact) mass is 177 g/mol. The molecule has 0 aromatic heterocycles. The molecular formula is C7H15NO2S. The van der Waals surface area contributed by atoms with Gasteiger partial charge in [0.05, 0.1) is 0 Å². The second-order valence-electron chi connectivity index (χ2n) is 2.83. The minimum absolute atomic E-state index is 0.0585. The van der Waals surface area contributed by atoms with Crippen molar-refractivity contribution in [3.63, 3.8) is 0 Å². The van der Waals surface area contributed by atoms with Gasteiger partial charge in [0.25, 0.3) is 0 Å². The van der Waals surface area contributed by atoms with E-state index in [1.807, 2.05) is 6.92 Å². The van der Waals surface area contributed by atoms with Gasteiger partial charge in [-0.3, -0.25) is 4.79 Å². The summed E-state index contributed by atoms with van der Waals surface area (Å²) < 4.78 is 13.2. The lowest BCUT2D eigenvalue weighted by Crippen LogP contribution is -2.41. The van der Waals surface area contributed by atoms with Gasteiger partial charge in [-0.1, -0.05) is 6.92 Å². The van der Waals surface area contributed by atoms with E-state index in [-0.39, 0.29) is 5.78 Å². The van der Waals surface area contributed by atoms with E-state index in [0.717, 1.165) is 0 Å². The quantitative estimate of drug-likeness (QED) is 0.684. The van der Waals surface area contributed by atoms with E-state index < -0.39 is 15.7 Å². The summed E-state index contributed by atoms with van der Waals surface area (Å²) in [4.78, 5) is 10.9. The first kappa shape index (κ1) is 10.8. The third-order valence-electron chi connectivity index (χ3n) is 1.59. The molecule has 11 heavy (non-hydrogen) atoms. The van der Waals surface area contributed by atoms with Gasteiger partial charge >= 0.3 is 0 Å². The first-order chi connectivity index (χ1) is 4.92. The summed E-state index contributed by atoms with van der Waals surface area (Å²) in [6.45, 7) is 7.27. The van der Waals surface area contributed by atoms with E-state index in [2.05, 4.69) is 4.72 Å². The maximum Gasteiger partial charge on any atom is 0.149 e. The zero-order valence-corrected chi connectivity index (χ0v) is 8.25. The zero-order chi connectivity index (χ0) is 9.07. The minimum atomic E-state index is -1.26. The Balaban J connectivity index is 4.30. The second-order valence-corrected chi connectivity index (χ2v) is 4.68. The molecule has 0 rings (SSSR count). The number of Topliss-reactive ketones (excluding diaryl/α,β-unsaturated/α-hetero) is 1. The van der Waals surface area contributed by atoms with Crippen LogP contribution in [0.2, 0.25) is 0 Å². The highest BCUT2D eigenvalue weighted by Gasteiger charge is 2.30. The van der Waals surface area contributed by atoms with Crippen molar-refractivity contribution in [2.24, 2.45) is 0 Å². The Morgan fingerprint density at radius 2 is 2.00 bits per heavy atom. The van der Waals surface area contributed by atoms with Crippen LogP contribution in [0.1, 0.15) is 27.7 Å². The molecule has 1 unspecified atom stereocenters. The molecule has 0 amide bonds. The third kappa shape index (κ3) is 2.71. The fraction of sp³-hybridized carbons (Fsp3) is 0.857. The Kier molecular flexibility index (Phi) is 3.89. The van der Waals surface area contributed by atoms with Crippen LogP contribution in [0.15, 0.2) is 0 Å². The number of carbonyl (C=O) groups is 1. The summed E-state index contributed by atoms with van der Waals surface area (Å²) in [6.07, 6.45) is 0. The fourth-order valence-electron chi connectivity index (χ4n) is 0.442. The van der Waals surface area contributed by atoms with E-state index in [9.17, 15) is 9.00 Å². The SMILES string of the molecule is CCNS(=O)C(C)(C)C(C)=O. The number of hydrogen-bond acceptors (Lipinski definition) is 2. The van der Waals surface area contributed by atoms with Crippen molar-refractivity contribution in [3.8, 4) is 0 Å². The van der Waals surface area contributed by atoms with Gasteiger partial charge in [0.15, 0.2) is 0 Å². The number of ketones is 1. The summed E-state index contributed by atoms with van der Waals surface area (Å²) in [5.41, 5.74) is 0. The molecule has 0 fully saturated rings. The molecule has 0 aliphatic carbocycles. The van der Waals surface area contributed by atoms with Crippen molar-refractivity contribution in [1.82, 2.24) is 4.72 Å². The Morgan fingerprint density at radius 3 is 2.27 bits per heavy atom. The molecule has 0 aromatic carbocycles. The Bertz CT molecular complexity index is 177. The molecule has 0 spiro atoms. The summed E-state index contributed by atoms with van der Waals surface area (Å²) in [5, 5.41) is 0. The summed E-state index contributed by atoms with van der Waals surface area (Å²) in [7, 11) is -1.26. The van der Waals surface area contributed by atoms with Crippen molar-refractivity contribution >= 4 is 16.8 Å². The molecule has 3 nitrogen and oxygen atoms in total. The molecule has 0 aliphatic rings. The normalized spacial score (nSPS) is 14.5. The van der Waals surface area contributed by atoms with Gasteiger partial charge in [-0.15, -0.1) is 0 Å². The van der Waals surface area contributed by atoms with Crippen LogP contribution in [0.3, 0.4) is 0 Å². The van der Waals surface area contributed by atoms with Crippen molar-refractivity contribution in [3.05, 3.63) is 0 Å². The average molecular weight is 177 g/mol. The number of nitrogens with one attached hydrogen (secondary N) is 1. The maximum atomic E-state index is 11.3.